The van der Waals surface area contributed by atoms with Crippen LogP contribution in [0, 0.1) is 12.7 Å². The second-order valence-corrected chi connectivity index (χ2v) is 7.24. The van der Waals surface area contributed by atoms with Crippen molar-refractivity contribution in [1.82, 2.24) is 4.31 Å². The molecule has 0 unspecified atom stereocenters. The number of likely N-dealkylation sites (N-methyl/N-ethyl adjacent to an activating group) is 1. The van der Waals surface area contributed by atoms with Crippen LogP contribution < -0.4 is 5.73 Å². The number of nitrogens with two attached hydrogens (primary N) is 1. The van der Waals surface area contributed by atoms with Crippen LogP contribution in [0.15, 0.2) is 17.0 Å². The zero-order valence-electron chi connectivity index (χ0n) is 11.4. The minimum atomic E-state index is -3.88. The fourth-order valence-electron chi connectivity index (χ4n) is 1.63. The maximum Gasteiger partial charge on any atom is 0.243 e. The van der Waals surface area contributed by atoms with Crippen LogP contribution in [0.3, 0.4) is 0 Å². The van der Waals surface area contributed by atoms with Gasteiger partial charge in [-0.1, -0.05) is 0 Å². The van der Waals surface area contributed by atoms with Gasteiger partial charge in [0, 0.05) is 24.8 Å². The Labute approximate surface area is 112 Å². The predicted molar refractivity (Wildman–Crippen MR) is 71.7 cm³/mol. The highest BCUT2D eigenvalue weighted by molar-refractivity contribution is 7.89. The number of hydrogen-bond donors (Lipinski definition) is 2. The average molecular weight is 290 g/mol. The molecule has 1 aromatic rings. The van der Waals surface area contributed by atoms with Crippen molar-refractivity contribution in [2.75, 3.05) is 19.3 Å². The van der Waals surface area contributed by atoms with E-state index in [2.05, 4.69) is 0 Å². The van der Waals surface area contributed by atoms with Crippen molar-refractivity contribution in [2.24, 2.45) is 0 Å². The van der Waals surface area contributed by atoms with Crippen molar-refractivity contribution in [3.05, 3.63) is 23.5 Å². The number of aliphatic hydroxyl groups is 1. The van der Waals surface area contributed by atoms with Crippen molar-refractivity contribution in [3.8, 4) is 0 Å². The number of halogens is 1. The summed E-state index contributed by atoms with van der Waals surface area (Å²) in [6.07, 6.45) is 0. The Balaban J connectivity index is 3.21. The fraction of sp³-hybridized carbons (Fsp3) is 0.500. The van der Waals surface area contributed by atoms with E-state index in [-0.39, 0.29) is 22.7 Å². The molecule has 1 aromatic carbocycles. The Morgan fingerprint density at radius 1 is 1.42 bits per heavy atom. The summed E-state index contributed by atoms with van der Waals surface area (Å²) in [6, 6.07) is 2.15. The molecule has 7 heteroatoms. The largest absolute Gasteiger partial charge is 0.398 e. The SMILES string of the molecule is Cc1c(N)cc(S(=O)(=O)N(C)CC(C)(C)O)cc1F. The highest BCUT2D eigenvalue weighted by Crippen LogP contribution is 2.23. The minimum absolute atomic E-state index is 0.0789. The highest BCUT2D eigenvalue weighted by Gasteiger charge is 2.27. The first-order valence-electron chi connectivity index (χ1n) is 5.69. The third kappa shape index (κ3) is 3.65. The summed E-state index contributed by atoms with van der Waals surface area (Å²) in [5.74, 6) is -0.671. The van der Waals surface area contributed by atoms with Crippen LogP contribution in [0.1, 0.15) is 19.4 Å². The van der Waals surface area contributed by atoms with E-state index in [0.29, 0.717) is 0 Å². The van der Waals surface area contributed by atoms with Crippen molar-refractivity contribution in [2.45, 2.75) is 31.3 Å². The van der Waals surface area contributed by atoms with Gasteiger partial charge in [-0.2, -0.15) is 4.31 Å². The zero-order chi connectivity index (χ0) is 15.0. The first-order chi connectivity index (χ1) is 8.45. The van der Waals surface area contributed by atoms with E-state index < -0.39 is 21.4 Å². The lowest BCUT2D eigenvalue weighted by Crippen LogP contribution is -2.39. The van der Waals surface area contributed by atoms with Gasteiger partial charge in [-0.25, -0.2) is 12.8 Å². The standard InChI is InChI=1S/C12H19FN2O3S/c1-8-10(13)5-9(6-11(8)14)19(17,18)15(4)7-12(2,3)16/h5-6,16H,7,14H2,1-4H3. The van der Waals surface area contributed by atoms with Gasteiger partial charge in [-0.05, 0) is 32.9 Å². The van der Waals surface area contributed by atoms with E-state index in [1.807, 2.05) is 0 Å². The summed E-state index contributed by atoms with van der Waals surface area (Å²) >= 11 is 0. The second kappa shape index (κ2) is 5.07. The molecule has 0 spiro atoms. The first-order valence-corrected chi connectivity index (χ1v) is 7.13. The number of nitrogens with zero attached hydrogens (tertiary/aromatic N) is 1. The summed E-state index contributed by atoms with van der Waals surface area (Å²) in [5, 5.41) is 9.65. The lowest BCUT2D eigenvalue weighted by molar-refractivity contribution is 0.0640. The molecule has 0 amide bonds. The van der Waals surface area contributed by atoms with Crippen LogP contribution in [0.25, 0.3) is 0 Å². The van der Waals surface area contributed by atoms with E-state index in [1.165, 1.54) is 33.9 Å². The minimum Gasteiger partial charge on any atom is -0.398 e. The Kier molecular flexibility index (Phi) is 4.23. The molecule has 0 fully saturated rings. The Morgan fingerprint density at radius 2 is 1.95 bits per heavy atom. The monoisotopic (exact) mass is 290 g/mol. The van der Waals surface area contributed by atoms with Crippen LogP contribution in [-0.4, -0.2) is 37.0 Å². The van der Waals surface area contributed by atoms with Crippen molar-refractivity contribution < 1.29 is 17.9 Å². The molecule has 0 saturated carbocycles. The van der Waals surface area contributed by atoms with Crippen LogP contribution in [0.2, 0.25) is 0 Å². The average Bonchev–Trinajstić information content (AvgIpc) is 2.22. The molecule has 0 heterocycles. The fourth-order valence-corrected chi connectivity index (χ4v) is 3.01. The van der Waals surface area contributed by atoms with Crippen molar-refractivity contribution in [3.63, 3.8) is 0 Å². The summed E-state index contributed by atoms with van der Waals surface area (Å²) in [7, 11) is -2.56. The third-order valence-electron chi connectivity index (χ3n) is 2.68. The van der Waals surface area contributed by atoms with E-state index in [0.717, 1.165) is 10.4 Å². The van der Waals surface area contributed by atoms with Gasteiger partial charge in [0.1, 0.15) is 5.82 Å². The van der Waals surface area contributed by atoms with Gasteiger partial charge in [0.2, 0.25) is 10.0 Å². The molecule has 5 nitrogen and oxygen atoms in total. The number of rotatable bonds is 4. The van der Waals surface area contributed by atoms with Crippen LogP contribution in [-0.2, 0) is 10.0 Å². The number of sulfonamides is 1. The van der Waals surface area contributed by atoms with Gasteiger partial charge < -0.3 is 10.8 Å². The van der Waals surface area contributed by atoms with Crippen molar-refractivity contribution in [1.29, 1.82) is 0 Å². The topological polar surface area (TPSA) is 83.6 Å². The maximum absolute atomic E-state index is 13.6. The van der Waals surface area contributed by atoms with Gasteiger partial charge >= 0.3 is 0 Å². The van der Waals surface area contributed by atoms with Gasteiger partial charge in [0.05, 0.1) is 10.5 Å². The molecule has 0 saturated heterocycles. The molecule has 0 aliphatic carbocycles. The Bertz CT molecular complexity index is 556. The van der Waals surface area contributed by atoms with E-state index in [4.69, 9.17) is 5.73 Å². The predicted octanol–water partition coefficient (Wildman–Crippen LogP) is 1.11. The Hall–Kier alpha value is -1.18. The van der Waals surface area contributed by atoms with Crippen LogP contribution in [0.4, 0.5) is 10.1 Å². The summed E-state index contributed by atoms with van der Waals surface area (Å²) in [5.41, 5.74) is 4.68. The maximum atomic E-state index is 13.6. The summed E-state index contributed by atoms with van der Waals surface area (Å²) in [6.45, 7) is 4.35. The van der Waals surface area contributed by atoms with E-state index in [1.54, 1.807) is 0 Å². The molecule has 0 radical (unpaired) electrons. The van der Waals surface area contributed by atoms with Gasteiger partial charge in [-0.3, -0.25) is 0 Å². The van der Waals surface area contributed by atoms with Crippen molar-refractivity contribution >= 4 is 15.7 Å². The Morgan fingerprint density at radius 3 is 2.37 bits per heavy atom. The highest BCUT2D eigenvalue weighted by atomic mass is 32.2. The van der Waals surface area contributed by atoms with Gasteiger partial charge in [0.25, 0.3) is 0 Å². The molecular weight excluding hydrogens is 271 g/mol. The van der Waals surface area contributed by atoms with Crippen LogP contribution in [0.5, 0.6) is 0 Å². The molecular formula is C12H19FN2O3S. The molecule has 0 aromatic heterocycles. The molecule has 0 atom stereocenters. The molecule has 3 N–H and O–H groups in total. The first kappa shape index (κ1) is 15.9. The molecule has 0 bridgehead atoms. The van der Waals surface area contributed by atoms with Gasteiger partial charge in [-0.15, -0.1) is 0 Å². The smallest absolute Gasteiger partial charge is 0.243 e. The van der Waals surface area contributed by atoms with E-state index >= 15 is 0 Å². The third-order valence-corrected chi connectivity index (χ3v) is 4.46. The van der Waals surface area contributed by atoms with Crippen LogP contribution >= 0.6 is 0 Å². The lowest BCUT2D eigenvalue weighted by atomic mass is 10.1. The molecule has 19 heavy (non-hydrogen) atoms. The molecule has 108 valence electrons. The number of hydrogen-bond acceptors (Lipinski definition) is 4. The van der Waals surface area contributed by atoms with Gasteiger partial charge in [0.15, 0.2) is 0 Å². The molecule has 0 aliphatic rings. The number of anilines is 1. The second-order valence-electron chi connectivity index (χ2n) is 5.19. The molecule has 1 rings (SSSR count). The quantitative estimate of drug-likeness (QED) is 0.814. The number of benzene rings is 1. The van der Waals surface area contributed by atoms with E-state index in [9.17, 15) is 17.9 Å². The zero-order valence-corrected chi connectivity index (χ0v) is 12.3. The lowest BCUT2D eigenvalue weighted by Gasteiger charge is -2.25. The number of nitrogen functional groups attached to an aromatic ring is 1. The normalized spacial score (nSPS) is 13.0. The molecule has 0 aliphatic heterocycles. The summed E-state index contributed by atoms with van der Waals surface area (Å²) < 4.78 is 39.0. The summed E-state index contributed by atoms with van der Waals surface area (Å²) in [4.78, 5) is -0.222.